The highest BCUT2D eigenvalue weighted by atomic mass is 79.9. The van der Waals surface area contributed by atoms with Crippen molar-refractivity contribution in [1.82, 2.24) is 62.7 Å². The van der Waals surface area contributed by atoms with E-state index in [0.717, 1.165) is 182 Å². The van der Waals surface area contributed by atoms with Gasteiger partial charge in [-0.15, -0.1) is 4.91 Å². The molecule has 144 heavy (non-hydrogen) atoms. The second kappa shape index (κ2) is 49.8. The number of aromatic carboxylic acids is 1. The number of rotatable bonds is 17. The van der Waals surface area contributed by atoms with Gasteiger partial charge in [-0.1, -0.05) is 99.9 Å². The quantitative estimate of drug-likeness (QED) is 0.00720. The zero-order valence-electron chi connectivity index (χ0n) is 81.1. The molecule has 0 bridgehead atoms. The zero-order valence-corrected chi connectivity index (χ0v) is 89.9. The van der Waals surface area contributed by atoms with E-state index < -0.39 is 55.3 Å². The molecule has 1 amide bonds. The number of ether oxygens (including phenoxy) is 4. The number of nitro benzene ring substituents is 2. The minimum Gasteiger partial charge on any atom is -0.478 e. The van der Waals surface area contributed by atoms with Gasteiger partial charge >= 0.3 is 46.1 Å². The summed E-state index contributed by atoms with van der Waals surface area (Å²) in [5.74, 6) is 10.6. The Balaban J connectivity index is 0.000000166. The highest BCUT2D eigenvalue weighted by Gasteiger charge is 2.38. The van der Waals surface area contributed by atoms with E-state index in [1.807, 2.05) is 151 Å². The highest BCUT2D eigenvalue weighted by Crippen LogP contribution is 2.49. The van der Waals surface area contributed by atoms with Crippen molar-refractivity contribution in [1.29, 1.82) is 0 Å². The van der Waals surface area contributed by atoms with Gasteiger partial charge in [0.2, 0.25) is 5.75 Å². The molecule has 39 nitrogen and oxygen atoms in total. The summed E-state index contributed by atoms with van der Waals surface area (Å²) in [5, 5.41) is 63.0. The summed E-state index contributed by atoms with van der Waals surface area (Å²) in [6, 6.07) is 18.7. The first-order chi connectivity index (χ1) is 67.7. The van der Waals surface area contributed by atoms with Crippen LogP contribution in [-0.4, -0.2) is 151 Å². The predicted octanol–water partition coefficient (Wildman–Crippen LogP) is 23.7. The normalized spacial score (nSPS) is 13.7. The first-order valence-corrected chi connectivity index (χ1v) is 51.1. The van der Waals surface area contributed by atoms with Gasteiger partial charge in [0.25, 0.3) is 5.69 Å². The van der Waals surface area contributed by atoms with Crippen LogP contribution >= 0.6 is 79.6 Å². The average Bonchev–Trinajstić information content (AvgIpc) is 1.62. The molecule has 6 aliphatic carbocycles. The molecule has 0 unspecified atom stereocenters. The first-order valence-electron chi connectivity index (χ1n) is 45.8. The third-order valence-electron chi connectivity index (χ3n) is 22.6. The van der Waals surface area contributed by atoms with E-state index in [2.05, 4.69) is 186 Å². The van der Waals surface area contributed by atoms with Crippen LogP contribution in [0.4, 0.5) is 33.2 Å². The maximum absolute atomic E-state index is 12.2. The number of hydrogen-bond acceptors (Lipinski definition) is 27. The zero-order chi connectivity index (χ0) is 105. The number of carbonyl (C=O) groups excluding carboxylic acids is 4. The summed E-state index contributed by atoms with van der Waals surface area (Å²) >= 11 is 17.4. The number of nitrogens with zero attached hydrogens (tertiary/aromatic N) is 16. The van der Waals surface area contributed by atoms with E-state index in [9.17, 15) is 54.2 Å². The molecule has 6 fully saturated rings. The number of aromatic nitrogens is 13. The summed E-state index contributed by atoms with van der Waals surface area (Å²) in [5.41, 5.74) is 28.3. The Morgan fingerprint density at radius 2 is 0.910 bits per heavy atom. The number of nitro groups is 2. The molecule has 0 atom stereocenters. The van der Waals surface area contributed by atoms with Gasteiger partial charge < -0.3 is 34.6 Å². The Hall–Kier alpha value is -12.6. The van der Waals surface area contributed by atoms with Gasteiger partial charge in [0.15, 0.2) is 5.69 Å². The highest BCUT2D eigenvalue weighted by molar-refractivity contribution is 9.11. The van der Waals surface area contributed by atoms with Gasteiger partial charge in [-0.25, -0.2) is 51.1 Å². The van der Waals surface area contributed by atoms with Crippen molar-refractivity contribution in [3.8, 4) is 17.6 Å². The maximum atomic E-state index is 12.2. The van der Waals surface area contributed by atoms with E-state index in [-0.39, 0.29) is 25.1 Å². The van der Waals surface area contributed by atoms with E-state index in [1.165, 1.54) is 59.1 Å². The molecular weight excluding hydrogens is 2210 g/mol. The number of carboxylic acid groups (broad SMARTS) is 1. The van der Waals surface area contributed by atoms with Crippen LogP contribution in [-0.2, 0) is 34.1 Å². The molecular formula is C99H114Br5N19O20S. The largest absolute Gasteiger partial charge is 0.478 e. The van der Waals surface area contributed by atoms with E-state index in [0.29, 0.717) is 83.7 Å². The van der Waals surface area contributed by atoms with E-state index in [1.54, 1.807) is 38.9 Å². The molecule has 20 rings (SSSR count). The predicted molar refractivity (Wildman–Crippen MR) is 562 cm³/mol. The lowest BCUT2D eigenvalue weighted by atomic mass is 10.1. The summed E-state index contributed by atoms with van der Waals surface area (Å²) in [4.78, 5) is 95.7. The van der Waals surface area contributed by atoms with Crippen LogP contribution in [0.15, 0.2) is 144 Å². The smallest absolute Gasteiger partial charge is 0.412 e. The monoisotopic (exact) mass is 2320 g/mol. The Bertz CT molecular complexity index is 7180. The number of anilines is 2. The molecule has 0 radical (unpaired) electrons. The number of pyridine rings is 7. The molecule has 13 aromatic heterocycles. The maximum Gasteiger partial charge on any atom is 0.412 e. The lowest BCUT2D eigenvalue weighted by molar-refractivity contribution is -0.394. The number of carbonyl (C=O) groups is 5. The van der Waals surface area contributed by atoms with Crippen LogP contribution in [0, 0.1) is 92.4 Å². The van der Waals surface area contributed by atoms with Gasteiger partial charge in [-0.05, 0) is 278 Å². The van der Waals surface area contributed by atoms with Crippen molar-refractivity contribution in [2.45, 2.75) is 236 Å². The second-order valence-corrected chi connectivity index (χ2v) is 40.6. The molecule has 0 aliphatic heterocycles. The fraction of sp³-hybridized carbons (Fsp3) is 0.394. The molecule has 6 aliphatic rings. The van der Waals surface area contributed by atoms with Crippen LogP contribution in [0.1, 0.15) is 285 Å². The van der Waals surface area contributed by atoms with Gasteiger partial charge in [-0.3, -0.25) is 39.6 Å². The van der Waals surface area contributed by atoms with E-state index in [4.69, 9.17) is 43.4 Å². The van der Waals surface area contributed by atoms with Crippen molar-refractivity contribution < 1.29 is 80.2 Å². The van der Waals surface area contributed by atoms with Crippen LogP contribution in [0.3, 0.4) is 0 Å². The van der Waals surface area contributed by atoms with Crippen LogP contribution in [0.2, 0.25) is 0 Å². The lowest BCUT2D eigenvalue weighted by Gasteiger charge is -2.20. The fourth-order valence-corrected chi connectivity index (χ4v) is 15.9. The van der Waals surface area contributed by atoms with E-state index >= 15 is 0 Å². The third-order valence-corrected chi connectivity index (χ3v) is 26.9. The number of aryl methyl sites for hydroxylation is 8. The molecule has 1 aromatic carbocycles. The molecule has 0 spiro atoms. The SMILES string of the molecule is C.CCC#CC(=O)OCC.CCOC(=O)c1c(C2CC2)nn2cc(C)c(Br)cc12.CCOC(=O)c1c(C2CC2)nn2cc(C)c(C)cc12.Cc1cn2nc(C3CC3)c(C(=O)O)c2cc1Br.Cc1cn2nc(C3CC3)c(N)c2cc1Br.Cc1cn2nc(C3CC3)c(N=O)c2cc1Br.Cc1cn2nc(C3CC3)cc2cc1Br.Cc1cnccc1NC(=O)OC(C)(C)C.NOc1ccc([N+](=O)[O-])cc1[N+](=O)[O-].O=S(=O)(O)O. The van der Waals surface area contributed by atoms with Crippen molar-refractivity contribution in [2.24, 2.45) is 11.1 Å². The Labute approximate surface area is 872 Å². The number of amides is 1. The minimum atomic E-state index is -4.67. The van der Waals surface area contributed by atoms with Crippen LogP contribution in [0.25, 0.3) is 33.1 Å². The standard InChI is InChI=1S/C15H18N2O2.C14H15BrN2O2.C12H11BrN2O2.C11H10BrN3O.C11H12BrN3.C11H11BrN2.C11H16N2O2.C7H10O2.C6H5N3O5.CH4.H2O4S/c1-4-19-15(18)13-12-7-9(2)10(3)8-17(12)16-14(13)11-5-6-11;1-3-19-14(18)12-11-6-10(15)8(2)7-17(11)16-13(12)9-4-5-9;1-6-5-15-9(4-8(6)13)10(12(16)17)11(14-15)7-2-3-7;1-6-5-15-9(4-8(6)12)11(14-16)10(13-15)7-2-3-7;1-6-5-15-9(4-8(6)12)10(13)11(14-15)7-2-3-7;1-7-6-14-9(4-10(7)12)5-11(13-14)8-2-3-8;1-8-7-12-6-5-9(8)13-10(14)15-11(2,3)4;1-3-5-6-7(8)9-4-2;7-14-6-2-1-4(8(10)11)3-5(6)9(12)13;;1-5(2,3)4/h7-8,11H,4-6H2,1-3H3;6-7,9H,3-5H2,1-2H3;4-5,7H,2-3H2,1H3,(H,16,17);4-5,7H,2-3H2,1H3;4-5,7H,2-3,13H2,1H3;4-6,8H,2-3H2,1H3;5-7H,1-4H3,(H,12,13,14);3-4H2,1-2H3;1-3H,7H2;1H4;(H2,1,2,3,4). The molecule has 45 heteroatoms. The minimum absolute atomic E-state index is 0. The number of nitrogen functional groups attached to an aromatic ring is 1. The number of nitrogens with two attached hydrogens (primary N) is 2. The molecule has 766 valence electrons. The molecule has 6 saturated carbocycles. The van der Waals surface area contributed by atoms with Crippen LogP contribution in [0.5, 0.6) is 5.75 Å². The van der Waals surface area contributed by atoms with Crippen molar-refractivity contribution in [2.75, 3.05) is 30.9 Å². The molecule has 0 saturated heterocycles. The first kappa shape index (κ1) is 113. The van der Waals surface area contributed by atoms with Gasteiger partial charge in [-0.2, -0.15) is 44.9 Å². The molecule has 13 heterocycles. The van der Waals surface area contributed by atoms with Crippen molar-refractivity contribution >= 4 is 182 Å². The van der Waals surface area contributed by atoms with Crippen LogP contribution < -0.4 is 21.8 Å². The van der Waals surface area contributed by atoms with Gasteiger partial charge in [0.1, 0.15) is 22.3 Å². The summed E-state index contributed by atoms with van der Waals surface area (Å²) in [6.45, 7) is 30.0. The number of nitrogens with one attached hydrogen (secondary N) is 1. The number of halogens is 5. The average molecular weight is 2320 g/mol. The number of non-ortho nitro benzene ring substituents is 1. The lowest BCUT2D eigenvalue weighted by Crippen LogP contribution is -2.27. The molecule has 8 N–H and O–H groups in total. The van der Waals surface area contributed by atoms with Crippen molar-refractivity contribution in [3.05, 3.63) is 259 Å². The third kappa shape index (κ3) is 30.8. The number of hydrogen-bond donors (Lipinski definition) is 6. The second-order valence-electron chi connectivity index (χ2n) is 35.5. The number of fused-ring (bicyclic) bond motifs is 6. The Kier molecular flexibility index (Phi) is 39.2. The number of carboxylic acids is 1. The molecule has 14 aromatic rings. The Morgan fingerprint density at radius 3 is 1.33 bits per heavy atom. The fourth-order valence-electron chi connectivity index (χ4n) is 14.3. The van der Waals surface area contributed by atoms with Crippen molar-refractivity contribution in [3.63, 3.8) is 0 Å². The summed E-state index contributed by atoms with van der Waals surface area (Å²) in [7, 11) is -4.67. The van der Waals surface area contributed by atoms with Gasteiger partial charge in [0.05, 0.1) is 109 Å². The van der Waals surface area contributed by atoms with Gasteiger partial charge in [0, 0.05) is 132 Å². The number of benzene rings is 1. The number of nitroso groups, excluding NO2 is 1. The number of esters is 3. The Morgan fingerprint density at radius 1 is 0.514 bits per heavy atom. The topological polar surface area (TPSA) is 523 Å². The summed E-state index contributed by atoms with van der Waals surface area (Å²) < 4.78 is 67.6. The summed E-state index contributed by atoms with van der Waals surface area (Å²) in [6.07, 6.45) is 29.2.